The Labute approximate surface area is 233 Å². The van der Waals surface area contributed by atoms with Crippen molar-refractivity contribution in [3.63, 3.8) is 0 Å². The Hall–Kier alpha value is -3.30. The molecule has 0 aliphatic heterocycles. The molecule has 0 aliphatic carbocycles. The minimum atomic E-state index is -1.21. The number of esters is 1. The maximum absolute atomic E-state index is 12.5. The van der Waals surface area contributed by atoms with Crippen molar-refractivity contribution in [1.29, 1.82) is 0 Å². The summed E-state index contributed by atoms with van der Waals surface area (Å²) < 4.78 is 32.9. The molecule has 0 unspecified atom stereocenters. The third-order valence-corrected chi connectivity index (χ3v) is 7.70. The molecule has 1 heterocycles. The highest BCUT2D eigenvalue weighted by Gasteiger charge is 2.26. The SMILES string of the molecule is CC(=O)OCCc1ccccc1OCc1cc(-c2cccc(CN)c2)c2oc(CN[S@+]([O-])C(C)(C)C)cc2c1. The van der Waals surface area contributed by atoms with Crippen LogP contribution in [0.4, 0.5) is 0 Å². The van der Waals surface area contributed by atoms with Crippen LogP contribution in [0.2, 0.25) is 0 Å². The molecule has 4 rings (SSSR count). The number of benzene rings is 3. The first-order valence-electron chi connectivity index (χ1n) is 13.0. The molecule has 0 aliphatic rings. The second kappa shape index (κ2) is 12.7. The van der Waals surface area contributed by atoms with Crippen molar-refractivity contribution in [2.24, 2.45) is 5.73 Å². The van der Waals surface area contributed by atoms with E-state index in [-0.39, 0.29) is 10.7 Å². The maximum Gasteiger partial charge on any atom is 0.302 e. The molecular formula is C31H36N2O5S. The number of fused-ring (bicyclic) bond motifs is 1. The van der Waals surface area contributed by atoms with E-state index >= 15 is 0 Å². The van der Waals surface area contributed by atoms with E-state index in [2.05, 4.69) is 22.9 Å². The van der Waals surface area contributed by atoms with Gasteiger partial charge in [0.25, 0.3) is 0 Å². The van der Waals surface area contributed by atoms with Gasteiger partial charge in [-0.1, -0.05) is 36.4 Å². The van der Waals surface area contributed by atoms with Crippen LogP contribution in [-0.4, -0.2) is 21.9 Å². The van der Waals surface area contributed by atoms with Gasteiger partial charge in [-0.25, -0.2) is 0 Å². The van der Waals surface area contributed by atoms with Gasteiger partial charge in [0, 0.05) is 42.2 Å². The largest absolute Gasteiger partial charge is 0.598 e. The number of para-hydroxylation sites is 1. The summed E-state index contributed by atoms with van der Waals surface area (Å²) in [4.78, 5) is 11.2. The van der Waals surface area contributed by atoms with Crippen molar-refractivity contribution in [3.8, 4) is 16.9 Å². The number of furan rings is 1. The minimum absolute atomic E-state index is 0.299. The smallest absolute Gasteiger partial charge is 0.302 e. The topological polar surface area (TPSA) is 110 Å². The van der Waals surface area contributed by atoms with Crippen LogP contribution < -0.4 is 15.2 Å². The van der Waals surface area contributed by atoms with Crippen LogP contribution in [-0.2, 0) is 47.0 Å². The standard InChI is InChI=1S/C31H36N2O5S/c1-21(34)36-13-12-24-9-5-6-11-29(24)37-20-23-15-26-17-27(19-33-39(35)31(2,3)4)38-30(26)28(16-23)25-10-7-8-22(14-25)18-32/h5-11,14-17,33H,12-13,18-20,32H2,1-4H3/t39-/m1/s1. The average molecular weight is 549 g/mol. The van der Waals surface area contributed by atoms with Crippen molar-refractivity contribution in [3.05, 3.63) is 89.2 Å². The van der Waals surface area contributed by atoms with Crippen LogP contribution in [0.1, 0.15) is 50.1 Å². The molecule has 7 nitrogen and oxygen atoms in total. The molecule has 0 saturated heterocycles. The zero-order valence-corrected chi connectivity index (χ0v) is 23.7. The molecule has 4 aromatic rings. The summed E-state index contributed by atoms with van der Waals surface area (Å²) in [5, 5.41) is 0.936. The van der Waals surface area contributed by atoms with E-state index in [0.29, 0.717) is 38.5 Å². The third kappa shape index (κ3) is 7.64. The third-order valence-electron chi connectivity index (χ3n) is 6.18. The Kier molecular flexibility index (Phi) is 9.35. The van der Waals surface area contributed by atoms with E-state index in [9.17, 15) is 9.35 Å². The van der Waals surface area contributed by atoms with Crippen molar-refractivity contribution >= 4 is 28.3 Å². The van der Waals surface area contributed by atoms with E-state index < -0.39 is 11.4 Å². The quantitative estimate of drug-likeness (QED) is 0.180. The predicted octanol–water partition coefficient (Wildman–Crippen LogP) is 5.79. The lowest BCUT2D eigenvalue weighted by Gasteiger charge is -2.23. The summed E-state index contributed by atoms with van der Waals surface area (Å²) in [5.41, 5.74) is 11.6. The molecule has 3 aromatic carbocycles. The van der Waals surface area contributed by atoms with Gasteiger partial charge in [-0.15, -0.1) is 4.72 Å². The number of rotatable bonds is 11. The number of nitrogens with two attached hydrogens (primary N) is 1. The Bertz CT molecular complexity index is 1430. The fourth-order valence-electron chi connectivity index (χ4n) is 4.19. The van der Waals surface area contributed by atoms with Gasteiger partial charge >= 0.3 is 5.97 Å². The normalized spacial score (nSPS) is 12.5. The number of hydrogen-bond donors (Lipinski definition) is 2. The highest BCUT2D eigenvalue weighted by molar-refractivity contribution is 7.90. The number of nitrogens with one attached hydrogen (secondary N) is 1. The van der Waals surface area contributed by atoms with Crippen LogP contribution in [0.15, 0.2) is 71.1 Å². The molecule has 0 bridgehead atoms. The predicted molar refractivity (Wildman–Crippen MR) is 155 cm³/mol. The monoisotopic (exact) mass is 548 g/mol. The zero-order valence-electron chi connectivity index (χ0n) is 22.9. The van der Waals surface area contributed by atoms with E-state index in [1.54, 1.807) is 0 Å². The second-order valence-corrected chi connectivity index (χ2v) is 12.4. The van der Waals surface area contributed by atoms with Crippen LogP contribution in [0.3, 0.4) is 0 Å². The average Bonchev–Trinajstić information content (AvgIpc) is 3.33. The molecule has 8 heteroatoms. The lowest BCUT2D eigenvalue weighted by atomic mass is 9.99. The van der Waals surface area contributed by atoms with Gasteiger partial charge in [-0.3, -0.25) is 4.79 Å². The van der Waals surface area contributed by atoms with Crippen molar-refractivity contribution in [2.75, 3.05) is 6.61 Å². The molecule has 1 aromatic heterocycles. The summed E-state index contributed by atoms with van der Waals surface area (Å²) in [7, 11) is 0. The van der Waals surface area contributed by atoms with Gasteiger partial charge in [0.15, 0.2) is 0 Å². The van der Waals surface area contributed by atoms with Crippen molar-refractivity contribution in [1.82, 2.24) is 4.72 Å². The highest BCUT2D eigenvalue weighted by Crippen LogP contribution is 2.34. The zero-order chi connectivity index (χ0) is 28.0. The Morgan fingerprint density at radius 2 is 1.85 bits per heavy atom. The van der Waals surface area contributed by atoms with Crippen LogP contribution in [0.25, 0.3) is 22.1 Å². The van der Waals surface area contributed by atoms with Crippen molar-refractivity contribution in [2.45, 2.75) is 58.6 Å². The van der Waals surface area contributed by atoms with Crippen molar-refractivity contribution < 1.29 is 23.2 Å². The molecule has 206 valence electrons. The summed E-state index contributed by atoms with van der Waals surface area (Å²) in [6.45, 7) is 8.62. The fourth-order valence-corrected chi connectivity index (χ4v) is 4.90. The Morgan fingerprint density at radius 1 is 1.05 bits per heavy atom. The number of carbonyl (C=O) groups excluding carboxylic acids is 1. The summed E-state index contributed by atoms with van der Waals surface area (Å²) >= 11 is -1.21. The highest BCUT2D eigenvalue weighted by atomic mass is 32.2. The molecule has 0 saturated carbocycles. The molecule has 0 radical (unpaired) electrons. The molecule has 0 fully saturated rings. The lowest BCUT2D eigenvalue weighted by Crippen LogP contribution is -2.38. The number of carbonyl (C=O) groups is 1. The first-order chi connectivity index (χ1) is 18.6. The first-order valence-corrected chi connectivity index (χ1v) is 14.1. The number of hydrogen-bond acceptors (Lipinski definition) is 7. The van der Waals surface area contributed by atoms with Gasteiger partial charge < -0.3 is 24.2 Å². The summed E-state index contributed by atoms with van der Waals surface area (Å²) in [6.07, 6.45) is 0.569. The first kappa shape index (κ1) is 28.7. The Balaban J connectivity index is 1.63. The van der Waals surface area contributed by atoms with E-state index in [0.717, 1.165) is 44.5 Å². The van der Waals surface area contributed by atoms with E-state index in [4.69, 9.17) is 19.6 Å². The molecule has 0 spiro atoms. The summed E-state index contributed by atoms with van der Waals surface area (Å²) in [5.74, 6) is 1.15. The number of ether oxygens (including phenoxy) is 2. The minimum Gasteiger partial charge on any atom is -0.598 e. The molecule has 3 N–H and O–H groups in total. The summed E-state index contributed by atoms with van der Waals surface area (Å²) in [6, 6.07) is 22.0. The van der Waals surface area contributed by atoms with Gasteiger partial charge in [0.2, 0.25) is 0 Å². The van der Waals surface area contributed by atoms with Gasteiger partial charge in [-0.2, -0.15) is 0 Å². The molecular weight excluding hydrogens is 512 g/mol. The molecule has 0 amide bonds. The molecule has 1 atom stereocenters. The van der Waals surface area contributed by atoms with Crippen LogP contribution >= 0.6 is 0 Å². The van der Waals surface area contributed by atoms with Gasteiger partial charge in [0.1, 0.15) is 28.4 Å². The van der Waals surface area contributed by atoms with Crippen LogP contribution in [0, 0.1) is 0 Å². The lowest BCUT2D eigenvalue weighted by molar-refractivity contribution is -0.140. The second-order valence-electron chi connectivity index (χ2n) is 10.4. The molecule has 39 heavy (non-hydrogen) atoms. The van der Waals surface area contributed by atoms with Gasteiger partial charge in [0.05, 0.1) is 13.2 Å². The Morgan fingerprint density at radius 3 is 2.59 bits per heavy atom. The van der Waals surface area contributed by atoms with Gasteiger partial charge in [-0.05, 0) is 73.4 Å². The fraction of sp³-hybridized carbons (Fsp3) is 0.323. The van der Waals surface area contributed by atoms with E-state index in [1.165, 1.54) is 6.92 Å². The van der Waals surface area contributed by atoms with Crippen LogP contribution in [0.5, 0.6) is 5.75 Å². The van der Waals surface area contributed by atoms with E-state index in [1.807, 2.05) is 69.3 Å². The maximum atomic E-state index is 12.5.